The van der Waals surface area contributed by atoms with Gasteiger partial charge in [-0.25, -0.2) is 9.59 Å². The van der Waals surface area contributed by atoms with Crippen LogP contribution in [0.3, 0.4) is 0 Å². The molecule has 0 aliphatic carbocycles. The molecule has 0 radical (unpaired) electrons. The Morgan fingerprint density at radius 1 is 0.875 bits per heavy atom. The molecule has 2 aromatic heterocycles. The Morgan fingerprint density at radius 3 is 1.96 bits per heavy atom. The van der Waals surface area contributed by atoms with Crippen molar-refractivity contribution in [1.29, 1.82) is 0 Å². The van der Waals surface area contributed by atoms with Gasteiger partial charge < -0.3 is 16.4 Å². The van der Waals surface area contributed by atoms with E-state index in [2.05, 4.69) is 10.6 Å². The minimum atomic E-state index is -0.302. The third-order valence-electron chi connectivity index (χ3n) is 3.50. The van der Waals surface area contributed by atoms with Crippen LogP contribution in [0.25, 0.3) is 0 Å². The number of hydrogen-bond donors (Lipinski definition) is 3. The molecule has 1 aromatic carbocycles. The van der Waals surface area contributed by atoms with Gasteiger partial charge >= 0.3 is 12.1 Å². The summed E-state index contributed by atoms with van der Waals surface area (Å²) in [4.78, 5) is 24.3. The summed E-state index contributed by atoms with van der Waals surface area (Å²) in [5.41, 5.74) is 7.62. The normalized spacial score (nSPS) is 10.4. The SMILES string of the molecule is NCc1ccc(NC(=O)n2cccc2)cc1NC(=O)n1cccc1. The van der Waals surface area contributed by atoms with E-state index in [1.165, 1.54) is 9.13 Å². The van der Waals surface area contributed by atoms with Crippen LogP contribution in [-0.4, -0.2) is 21.2 Å². The standard InChI is InChI=1S/C17H17N5O2/c18-12-13-5-6-14(19-16(23)21-7-1-2-8-21)11-15(13)20-17(24)22-9-3-4-10-22/h1-11H,12,18H2,(H,19,23)(H,20,24). The number of hydrogen-bond acceptors (Lipinski definition) is 3. The van der Waals surface area contributed by atoms with Crippen molar-refractivity contribution >= 4 is 23.4 Å². The Balaban J connectivity index is 1.80. The molecule has 4 N–H and O–H groups in total. The molecule has 7 nitrogen and oxygen atoms in total. The van der Waals surface area contributed by atoms with Crippen molar-refractivity contribution in [3.05, 3.63) is 72.8 Å². The molecule has 0 aliphatic rings. The van der Waals surface area contributed by atoms with E-state index in [1.54, 1.807) is 67.3 Å². The maximum Gasteiger partial charge on any atom is 0.329 e. The second-order valence-corrected chi connectivity index (χ2v) is 5.12. The molecular weight excluding hydrogens is 306 g/mol. The fourth-order valence-corrected chi connectivity index (χ4v) is 2.26. The number of rotatable bonds is 3. The van der Waals surface area contributed by atoms with Gasteiger partial charge in [0.2, 0.25) is 0 Å². The van der Waals surface area contributed by atoms with Crippen LogP contribution < -0.4 is 16.4 Å². The van der Waals surface area contributed by atoms with E-state index in [0.717, 1.165) is 5.56 Å². The Labute approximate surface area is 138 Å². The summed E-state index contributed by atoms with van der Waals surface area (Å²) in [6.07, 6.45) is 6.60. The van der Waals surface area contributed by atoms with Crippen molar-refractivity contribution < 1.29 is 9.59 Å². The van der Waals surface area contributed by atoms with E-state index < -0.39 is 0 Å². The average molecular weight is 323 g/mol. The number of aromatic nitrogens is 2. The Bertz CT molecular complexity index is 838. The summed E-state index contributed by atoms with van der Waals surface area (Å²) in [6.45, 7) is 0.271. The summed E-state index contributed by atoms with van der Waals surface area (Å²) in [5, 5.41) is 5.57. The second-order valence-electron chi connectivity index (χ2n) is 5.12. The molecular formula is C17H17N5O2. The highest BCUT2D eigenvalue weighted by molar-refractivity contribution is 5.95. The third kappa shape index (κ3) is 3.36. The second kappa shape index (κ2) is 6.84. The number of carbonyl (C=O) groups is 2. The smallest absolute Gasteiger partial charge is 0.326 e. The lowest BCUT2D eigenvalue weighted by molar-refractivity contribution is 0.253. The first-order valence-electron chi connectivity index (χ1n) is 7.39. The first-order chi connectivity index (χ1) is 11.7. The van der Waals surface area contributed by atoms with Gasteiger partial charge in [0.15, 0.2) is 0 Å². The van der Waals surface area contributed by atoms with Gasteiger partial charge in [-0.05, 0) is 42.0 Å². The summed E-state index contributed by atoms with van der Waals surface area (Å²) < 4.78 is 2.85. The maximum absolute atomic E-state index is 12.2. The zero-order chi connectivity index (χ0) is 16.9. The van der Waals surface area contributed by atoms with Gasteiger partial charge in [0.05, 0.1) is 0 Å². The van der Waals surface area contributed by atoms with Gasteiger partial charge in [-0.15, -0.1) is 0 Å². The number of nitrogens with one attached hydrogen (secondary N) is 2. The van der Waals surface area contributed by atoms with Gasteiger partial charge in [-0.1, -0.05) is 6.07 Å². The fraction of sp³-hybridized carbons (Fsp3) is 0.0588. The number of anilines is 2. The van der Waals surface area contributed by atoms with E-state index in [0.29, 0.717) is 11.4 Å². The molecule has 3 rings (SSSR count). The van der Waals surface area contributed by atoms with Crippen LogP contribution in [0.5, 0.6) is 0 Å². The van der Waals surface area contributed by atoms with Crippen molar-refractivity contribution in [1.82, 2.24) is 9.13 Å². The highest BCUT2D eigenvalue weighted by Crippen LogP contribution is 2.21. The fourth-order valence-electron chi connectivity index (χ4n) is 2.26. The van der Waals surface area contributed by atoms with Crippen LogP contribution in [0.4, 0.5) is 21.0 Å². The molecule has 24 heavy (non-hydrogen) atoms. The average Bonchev–Trinajstić information content (AvgIpc) is 3.28. The molecule has 2 heterocycles. The Morgan fingerprint density at radius 2 is 1.42 bits per heavy atom. The predicted octanol–water partition coefficient (Wildman–Crippen LogP) is 2.91. The summed E-state index contributed by atoms with van der Waals surface area (Å²) in [7, 11) is 0. The third-order valence-corrected chi connectivity index (χ3v) is 3.50. The summed E-state index contributed by atoms with van der Waals surface area (Å²) in [6, 6.07) is 11.7. The van der Waals surface area contributed by atoms with Crippen LogP contribution in [0.2, 0.25) is 0 Å². The molecule has 7 heteroatoms. The molecule has 0 aliphatic heterocycles. The summed E-state index contributed by atoms with van der Waals surface area (Å²) >= 11 is 0. The highest BCUT2D eigenvalue weighted by atomic mass is 16.2. The number of nitrogens with two attached hydrogens (primary N) is 1. The van der Waals surface area contributed by atoms with Gasteiger partial charge in [0, 0.05) is 42.7 Å². The molecule has 0 fully saturated rings. The van der Waals surface area contributed by atoms with Gasteiger partial charge in [0.25, 0.3) is 0 Å². The maximum atomic E-state index is 12.2. The molecule has 122 valence electrons. The molecule has 0 spiro atoms. The van der Waals surface area contributed by atoms with Crippen LogP contribution in [0.1, 0.15) is 5.56 Å². The zero-order valence-electron chi connectivity index (χ0n) is 12.8. The minimum absolute atomic E-state index is 0.271. The topological polar surface area (TPSA) is 94.1 Å². The summed E-state index contributed by atoms with van der Waals surface area (Å²) in [5.74, 6) is 0. The monoisotopic (exact) mass is 323 g/mol. The quantitative estimate of drug-likeness (QED) is 0.691. The number of benzene rings is 1. The van der Waals surface area contributed by atoms with Crippen molar-refractivity contribution in [3.63, 3.8) is 0 Å². The minimum Gasteiger partial charge on any atom is -0.326 e. The molecule has 0 unspecified atom stereocenters. The first kappa shape index (κ1) is 15.6. The van der Waals surface area contributed by atoms with E-state index in [4.69, 9.17) is 5.73 Å². The van der Waals surface area contributed by atoms with Crippen molar-refractivity contribution in [2.45, 2.75) is 6.54 Å². The van der Waals surface area contributed by atoms with E-state index >= 15 is 0 Å². The van der Waals surface area contributed by atoms with Crippen LogP contribution >= 0.6 is 0 Å². The number of carbonyl (C=O) groups excluding carboxylic acids is 2. The predicted molar refractivity (Wildman–Crippen MR) is 92.0 cm³/mol. The Kier molecular flexibility index (Phi) is 4.44. The van der Waals surface area contributed by atoms with Crippen molar-refractivity contribution in [2.75, 3.05) is 10.6 Å². The first-order valence-corrected chi connectivity index (χ1v) is 7.39. The van der Waals surface area contributed by atoms with Gasteiger partial charge in [0.1, 0.15) is 0 Å². The molecule has 0 saturated carbocycles. The van der Waals surface area contributed by atoms with Crippen molar-refractivity contribution in [2.24, 2.45) is 5.73 Å². The lowest BCUT2D eigenvalue weighted by Gasteiger charge is -2.13. The van der Waals surface area contributed by atoms with Crippen LogP contribution in [0, 0.1) is 0 Å². The van der Waals surface area contributed by atoms with Crippen LogP contribution in [0.15, 0.2) is 67.3 Å². The lowest BCUT2D eigenvalue weighted by atomic mass is 10.1. The highest BCUT2D eigenvalue weighted by Gasteiger charge is 2.10. The van der Waals surface area contributed by atoms with E-state index in [9.17, 15) is 9.59 Å². The van der Waals surface area contributed by atoms with Crippen molar-refractivity contribution in [3.8, 4) is 0 Å². The van der Waals surface area contributed by atoms with Gasteiger partial charge in [-0.2, -0.15) is 0 Å². The molecule has 3 aromatic rings. The lowest BCUT2D eigenvalue weighted by Crippen LogP contribution is -2.20. The molecule has 2 amide bonds. The van der Waals surface area contributed by atoms with E-state index in [-0.39, 0.29) is 18.6 Å². The molecule has 0 atom stereocenters. The van der Waals surface area contributed by atoms with Crippen LogP contribution in [-0.2, 0) is 6.54 Å². The molecule has 0 saturated heterocycles. The number of amides is 2. The number of nitrogens with zero attached hydrogens (tertiary/aromatic N) is 2. The Hall–Kier alpha value is -3.32. The van der Waals surface area contributed by atoms with Gasteiger partial charge in [-0.3, -0.25) is 9.13 Å². The molecule has 0 bridgehead atoms. The zero-order valence-corrected chi connectivity index (χ0v) is 12.8. The van der Waals surface area contributed by atoms with E-state index in [1.807, 2.05) is 0 Å². The largest absolute Gasteiger partial charge is 0.329 e.